The molecule has 2 aromatic heterocycles. The highest BCUT2D eigenvalue weighted by Crippen LogP contribution is 2.25. The molecule has 0 unspecified atom stereocenters. The van der Waals surface area contributed by atoms with Crippen LogP contribution in [0.15, 0.2) is 45.7 Å². The van der Waals surface area contributed by atoms with Gasteiger partial charge in [-0.05, 0) is 62.2 Å². The smallest absolute Gasteiger partial charge is 0.408 e. The highest BCUT2D eigenvalue weighted by molar-refractivity contribution is 5.78. The molecule has 4 rings (SSSR count). The van der Waals surface area contributed by atoms with Crippen LogP contribution in [0.1, 0.15) is 16.7 Å². The van der Waals surface area contributed by atoms with Gasteiger partial charge in [0.1, 0.15) is 11.6 Å². The van der Waals surface area contributed by atoms with Crippen LogP contribution in [0.2, 0.25) is 0 Å². The van der Waals surface area contributed by atoms with Gasteiger partial charge >= 0.3 is 5.76 Å². The summed E-state index contributed by atoms with van der Waals surface area (Å²) < 4.78 is 19.2. The van der Waals surface area contributed by atoms with E-state index in [1.54, 1.807) is 30.5 Å². The number of H-pyrrole nitrogens is 1. The molecule has 0 aliphatic rings. The van der Waals surface area contributed by atoms with Crippen LogP contribution >= 0.6 is 0 Å². The van der Waals surface area contributed by atoms with Gasteiger partial charge in [-0.3, -0.25) is 4.98 Å². The number of hydrogen-bond acceptors (Lipinski definition) is 6. The first-order valence-electron chi connectivity index (χ1n) is 8.66. The van der Waals surface area contributed by atoms with Gasteiger partial charge in [0, 0.05) is 17.4 Å². The summed E-state index contributed by atoms with van der Waals surface area (Å²) in [6, 6.07) is 8.42. The molecule has 2 heterocycles. The summed E-state index contributed by atoms with van der Waals surface area (Å²) >= 11 is 0. The van der Waals surface area contributed by atoms with Gasteiger partial charge in [-0.2, -0.15) is 4.98 Å². The number of halogens is 1. The van der Waals surface area contributed by atoms with E-state index in [2.05, 4.69) is 25.6 Å². The maximum atomic E-state index is 14.2. The minimum Gasteiger partial charge on any atom is -0.408 e. The van der Waals surface area contributed by atoms with Crippen molar-refractivity contribution in [3.05, 3.63) is 69.6 Å². The van der Waals surface area contributed by atoms with E-state index in [0.717, 1.165) is 22.4 Å². The third-order valence-electron chi connectivity index (χ3n) is 4.48. The highest BCUT2D eigenvalue weighted by Gasteiger charge is 2.10. The standard InChI is InChI=1S/C20H18FN5O2/c1-10-6-14(21)15(7-11(10)2)24-19-22-9-12(3)18(26-19)23-13-4-5-17-16(8-13)25-20(27)28-17/h4-9H,1-3H3,(H,25,27)(H2,22,23,24,26). The van der Waals surface area contributed by atoms with Gasteiger partial charge in [0.15, 0.2) is 5.58 Å². The number of nitrogens with one attached hydrogen (secondary N) is 3. The SMILES string of the molecule is Cc1cc(F)c(Nc2ncc(C)c(Nc3ccc4oc(=O)[nH]c4c3)n2)cc1C. The number of nitrogens with zero attached hydrogens (tertiary/aromatic N) is 2. The fourth-order valence-electron chi connectivity index (χ4n) is 2.79. The lowest BCUT2D eigenvalue weighted by Gasteiger charge is -2.12. The fourth-order valence-corrected chi connectivity index (χ4v) is 2.79. The minimum atomic E-state index is -0.507. The summed E-state index contributed by atoms with van der Waals surface area (Å²) in [5.74, 6) is -0.0385. The van der Waals surface area contributed by atoms with Gasteiger partial charge in [0.2, 0.25) is 5.95 Å². The number of hydrogen-bond donors (Lipinski definition) is 3. The van der Waals surface area contributed by atoms with Crippen molar-refractivity contribution in [1.29, 1.82) is 0 Å². The molecule has 8 heteroatoms. The maximum Gasteiger partial charge on any atom is 0.417 e. The molecule has 0 saturated carbocycles. The zero-order valence-corrected chi connectivity index (χ0v) is 15.6. The molecule has 28 heavy (non-hydrogen) atoms. The second kappa shape index (κ2) is 6.80. The Balaban J connectivity index is 1.63. The lowest BCUT2D eigenvalue weighted by atomic mass is 10.1. The van der Waals surface area contributed by atoms with Crippen LogP contribution in [0.5, 0.6) is 0 Å². The largest absolute Gasteiger partial charge is 0.417 e. The maximum absolute atomic E-state index is 14.2. The first-order valence-corrected chi connectivity index (χ1v) is 8.66. The lowest BCUT2D eigenvalue weighted by Crippen LogP contribution is -2.04. The topological polar surface area (TPSA) is 95.8 Å². The molecule has 0 fully saturated rings. The lowest BCUT2D eigenvalue weighted by molar-refractivity contribution is 0.555. The van der Waals surface area contributed by atoms with Crippen LogP contribution in [-0.2, 0) is 0 Å². The Hall–Kier alpha value is -3.68. The number of aryl methyl sites for hydroxylation is 3. The summed E-state index contributed by atoms with van der Waals surface area (Å²) in [6.07, 6.45) is 1.65. The number of oxazole rings is 1. The van der Waals surface area contributed by atoms with Crippen LogP contribution in [0, 0.1) is 26.6 Å². The van der Waals surface area contributed by atoms with Gasteiger partial charge in [-0.25, -0.2) is 14.2 Å². The quantitative estimate of drug-likeness (QED) is 0.484. The summed E-state index contributed by atoms with van der Waals surface area (Å²) in [7, 11) is 0. The number of fused-ring (bicyclic) bond motifs is 1. The Bertz CT molecular complexity index is 1250. The summed E-state index contributed by atoms with van der Waals surface area (Å²) in [5.41, 5.74) is 4.75. The molecule has 0 amide bonds. The zero-order valence-electron chi connectivity index (χ0n) is 15.6. The fraction of sp³-hybridized carbons (Fsp3) is 0.150. The zero-order chi connectivity index (χ0) is 19.8. The van der Waals surface area contributed by atoms with Crippen molar-refractivity contribution >= 4 is 34.2 Å². The molecule has 0 aliphatic heterocycles. The predicted octanol–water partition coefficient (Wildman–Crippen LogP) is 4.46. The molecular formula is C20H18FN5O2. The molecule has 4 aromatic rings. The van der Waals surface area contributed by atoms with E-state index in [1.807, 2.05) is 20.8 Å². The molecule has 0 radical (unpaired) electrons. The Morgan fingerprint density at radius 3 is 2.64 bits per heavy atom. The first kappa shape index (κ1) is 17.7. The van der Waals surface area contributed by atoms with Crippen LogP contribution in [0.25, 0.3) is 11.1 Å². The van der Waals surface area contributed by atoms with Gasteiger partial charge in [0.05, 0.1) is 11.2 Å². The number of aromatic nitrogens is 3. The van der Waals surface area contributed by atoms with E-state index in [1.165, 1.54) is 6.07 Å². The Morgan fingerprint density at radius 2 is 1.82 bits per heavy atom. The van der Waals surface area contributed by atoms with E-state index >= 15 is 0 Å². The molecule has 3 N–H and O–H groups in total. The summed E-state index contributed by atoms with van der Waals surface area (Å²) in [5, 5.41) is 6.11. The average Bonchev–Trinajstić information content (AvgIpc) is 3.02. The predicted molar refractivity (Wildman–Crippen MR) is 106 cm³/mol. The Morgan fingerprint density at radius 1 is 1.04 bits per heavy atom. The number of rotatable bonds is 4. The Kier molecular flexibility index (Phi) is 4.31. The third kappa shape index (κ3) is 3.44. The molecule has 0 spiro atoms. The molecule has 0 aliphatic carbocycles. The van der Waals surface area contributed by atoms with Crippen LogP contribution in [0.4, 0.5) is 27.5 Å². The van der Waals surface area contributed by atoms with E-state index in [4.69, 9.17) is 4.42 Å². The van der Waals surface area contributed by atoms with Crippen molar-refractivity contribution in [1.82, 2.24) is 15.0 Å². The van der Waals surface area contributed by atoms with Crippen LogP contribution in [-0.4, -0.2) is 15.0 Å². The van der Waals surface area contributed by atoms with Crippen molar-refractivity contribution in [2.45, 2.75) is 20.8 Å². The van der Waals surface area contributed by atoms with Crippen molar-refractivity contribution in [3.63, 3.8) is 0 Å². The van der Waals surface area contributed by atoms with E-state index < -0.39 is 5.76 Å². The van der Waals surface area contributed by atoms with E-state index in [9.17, 15) is 9.18 Å². The van der Waals surface area contributed by atoms with Crippen molar-refractivity contribution in [2.75, 3.05) is 10.6 Å². The van der Waals surface area contributed by atoms with Gasteiger partial charge in [-0.15, -0.1) is 0 Å². The molecule has 0 bridgehead atoms. The van der Waals surface area contributed by atoms with Crippen molar-refractivity contribution in [3.8, 4) is 0 Å². The second-order valence-electron chi connectivity index (χ2n) is 6.62. The van der Waals surface area contributed by atoms with Gasteiger partial charge < -0.3 is 15.1 Å². The van der Waals surface area contributed by atoms with Gasteiger partial charge in [-0.1, -0.05) is 0 Å². The average molecular weight is 379 g/mol. The third-order valence-corrected chi connectivity index (χ3v) is 4.48. The molecule has 0 saturated heterocycles. The Labute approximate surface area is 159 Å². The van der Waals surface area contributed by atoms with Gasteiger partial charge in [0.25, 0.3) is 0 Å². The molecule has 0 atom stereocenters. The van der Waals surface area contributed by atoms with Crippen molar-refractivity contribution < 1.29 is 8.81 Å². The first-order chi connectivity index (χ1) is 13.4. The second-order valence-corrected chi connectivity index (χ2v) is 6.62. The normalized spacial score (nSPS) is 11.0. The molecule has 7 nitrogen and oxygen atoms in total. The van der Waals surface area contributed by atoms with Crippen LogP contribution < -0.4 is 16.4 Å². The van der Waals surface area contributed by atoms with E-state index in [-0.39, 0.29) is 11.8 Å². The van der Waals surface area contributed by atoms with Crippen molar-refractivity contribution in [2.24, 2.45) is 0 Å². The number of anilines is 4. The van der Waals surface area contributed by atoms with E-state index in [0.29, 0.717) is 22.6 Å². The molecule has 2 aromatic carbocycles. The number of benzene rings is 2. The highest BCUT2D eigenvalue weighted by atomic mass is 19.1. The minimum absolute atomic E-state index is 0.271. The van der Waals surface area contributed by atoms with Crippen LogP contribution in [0.3, 0.4) is 0 Å². The monoisotopic (exact) mass is 379 g/mol. The summed E-state index contributed by atoms with van der Waals surface area (Å²) in [6.45, 7) is 5.64. The molecular weight excluding hydrogens is 361 g/mol. The molecule has 142 valence electrons. The summed E-state index contributed by atoms with van der Waals surface area (Å²) in [4.78, 5) is 22.6. The number of aromatic amines is 1.